The number of esters is 1. The van der Waals surface area contributed by atoms with Gasteiger partial charge in [-0.05, 0) is 30.2 Å². The van der Waals surface area contributed by atoms with Crippen LogP contribution in [0.15, 0.2) is 35.1 Å². The Morgan fingerprint density at radius 1 is 1.29 bits per heavy atom. The van der Waals surface area contributed by atoms with E-state index in [9.17, 15) is 4.79 Å². The summed E-state index contributed by atoms with van der Waals surface area (Å²) >= 11 is 12.7. The van der Waals surface area contributed by atoms with Crippen LogP contribution >= 0.6 is 23.2 Å². The molecule has 3 heterocycles. The lowest BCUT2D eigenvalue weighted by molar-refractivity contribution is -0.222. The van der Waals surface area contributed by atoms with Gasteiger partial charge in [0.2, 0.25) is 0 Å². The summed E-state index contributed by atoms with van der Waals surface area (Å²) in [4.78, 5) is 15.0. The summed E-state index contributed by atoms with van der Waals surface area (Å²) in [6, 6.07) is 5.17. The van der Waals surface area contributed by atoms with E-state index in [4.69, 9.17) is 37.1 Å². The monoisotopic (exact) mass is 365 g/mol. The molecule has 3 aromatic rings. The minimum Gasteiger partial charge on any atom is -0.472 e. The van der Waals surface area contributed by atoms with E-state index in [0.29, 0.717) is 39.8 Å². The van der Waals surface area contributed by atoms with Crippen LogP contribution in [0.25, 0.3) is 10.9 Å². The molecule has 0 saturated heterocycles. The van der Waals surface area contributed by atoms with Gasteiger partial charge >= 0.3 is 5.97 Å². The first-order valence-corrected chi connectivity index (χ1v) is 8.14. The number of halogens is 2. The summed E-state index contributed by atoms with van der Waals surface area (Å²) in [7, 11) is 0. The largest absolute Gasteiger partial charge is 0.472 e. The Labute approximate surface area is 147 Å². The Kier molecular flexibility index (Phi) is 3.60. The Morgan fingerprint density at radius 2 is 2.08 bits per heavy atom. The molecule has 0 fully saturated rings. The molecule has 0 saturated carbocycles. The van der Waals surface area contributed by atoms with E-state index < -0.39 is 11.8 Å². The van der Waals surface area contributed by atoms with E-state index in [1.165, 1.54) is 19.5 Å². The van der Waals surface area contributed by atoms with Crippen molar-refractivity contribution >= 4 is 40.1 Å². The van der Waals surface area contributed by atoms with E-state index in [2.05, 4.69) is 4.98 Å². The molecule has 0 amide bonds. The molecule has 24 heavy (non-hydrogen) atoms. The highest BCUT2D eigenvalue weighted by atomic mass is 35.5. The van der Waals surface area contributed by atoms with Gasteiger partial charge in [-0.3, -0.25) is 4.79 Å². The molecular weight excluding hydrogens is 353 g/mol. The minimum absolute atomic E-state index is 0.362. The van der Waals surface area contributed by atoms with Crippen molar-refractivity contribution in [2.75, 3.05) is 6.61 Å². The standard InChI is InChI=1S/C17H13Cl2NO4/c1-9(21)24-17(10-4-6-22-8-10)16-11(5-7-23-17)14-12(18)2-3-13(19)15(14)20-16/h2-4,6,8,20H,5,7H2,1H3. The Balaban J connectivity index is 2.05. The number of nitrogens with one attached hydrogen (secondary N) is 1. The van der Waals surface area contributed by atoms with E-state index in [-0.39, 0.29) is 0 Å². The van der Waals surface area contributed by atoms with Gasteiger partial charge in [0, 0.05) is 12.3 Å². The molecule has 4 rings (SSSR count). The van der Waals surface area contributed by atoms with Gasteiger partial charge in [-0.2, -0.15) is 0 Å². The third-order valence-corrected chi connectivity index (χ3v) is 4.76. The average Bonchev–Trinajstić information content (AvgIpc) is 3.19. The first-order chi connectivity index (χ1) is 11.5. The molecule has 0 spiro atoms. The number of ether oxygens (including phenoxy) is 2. The smallest absolute Gasteiger partial charge is 0.305 e. The highest BCUT2D eigenvalue weighted by Crippen LogP contribution is 2.45. The number of H-pyrrole nitrogens is 1. The van der Waals surface area contributed by atoms with Crippen LogP contribution in [0.2, 0.25) is 10.0 Å². The first kappa shape index (κ1) is 15.6. The van der Waals surface area contributed by atoms with E-state index in [1.54, 1.807) is 18.2 Å². The van der Waals surface area contributed by atoms with Crippen molar-refractivity contribution in [2.24, 2.45) is 0 Å². The van der Waals surface area contributed by atoms with Crippen LogP contribution in [0.5, 0.6) is 0 Å². The molecule has 0 bridgehead atoms. The zero-order valence-corrected chi connectivity index (χ0v) is 14.2. The number of hydrogen-bond donors (Lipinski definition) is 1. The molecule has 1 N–H and O–H groups in total. The fourth-order valence-electron chi connectivity index (χ4n) is 3.22. The van der Waals surface area contributed by atoms with E-state index >= 15 is 0 Å². The minimum atomic E-state index is -1.40. The van der Waals surface area contributed by atoms with Gasteiger partial charge in [0.1, 0.15) is 6.26 Å². The Bertz CT molecular complexity index is 932. The molecule has 1 atom stereocenters. The third-order valence-electron chi connectivity index (χ3n) is 4.13. The summed E-state index contributed by atoms with van der Waals surface area (Å²) in [5, 5.41) is 1.94. The van der Waals surface area contributed by atoms with Gasteiger partial charge in [0.05, 0.1) is 39.7 Å². The molecule has 5 nitrogen and oxygen atoms in total. The highest BCUT2D eigenvalue weighted by Gasteiger charge is 2.46. The number of aromatic amines is 1. The van der Waals surface area contributed by atoms with Crippen LogP contribution < -0.4 is 0 Å². The summed E-state index contributed by atoms with van der Waals surface area (Å²) in [5.74, 6) is -1.88. The Morgan fingerprint density at radius 3 is 2.79 bits per heavy atom. The normalized spacial score (nSPS) is 20.1. The van der Waals surface area contributed by atoms with Crippen molar-refractivity contribution in [3.63, 3.8) is 0 Å². The molecule has 124 valence electrons. The number of rotatable bonds is 2. The fourth-order valence-corrected chi connectivity index (χ4v) is 3.69. The van der Waals surface area contributed by atoms with Gasteiger partial charge in [-0.25, -0.2) is 0 Å². The van der Waals surface area contributed by atoms with Crippen LogP contribution in [-0.2, 0) is 26.5 Å². The predicted molar refractivity (Wildman–Crippen MR) is 89.2 cm³/mol. The zero-order chi connectivity index (χ0) is 16.9. The van der Waals surface area contributed by atoms with E-state index in [1.807, 2.05) is 0 Å². The quantitative estimate of drug-likeness (QED) is 0.683. The highest BCUT2D eigenvalue weighted by molar-refractivity contribution is 6.40. The Hall–Kier alpha value is -1.95. The zero-order valence-electron chi connectivity index (χ0n) is 12.7. The van der Waals surface area contributed by atoms with E-state index in [0.717, 1.165) is 10.9 Å². The van der Waals surface area contributed by atoms with Crippen molar-refractivity contribution < 1.29 is 18.7 Å². The predicted octanol–water partition coefficient (Wildman–Crippen LogP) is 4.40. The van der Waals surface area contributed by atoms with Crippen molar-refractivity contribution in [3.8, 4) is 0 Å². The number of aromatic nitrogens is 1. The maximum absolute atomic E-state index is 11.8. The maximum atomic E-state index is 11.8. The number of benzene rings is 1. The van der Waals surface area contributed by atoms with Gasteiger partial charge in [0.25, 0.3) is 5.79 Å². The molecule has 2 aromatic heterocycles. The molecule has 0 aliphatic carbocycles. The van der Waals surface area contributed by atoms with Crippen molar-refractivity contribution in [3.05, 3.63) is 57.6 Å². The molecule has 7 heteroatoms. The van der Waals surface area contributed by atoms with Crippen LogP contribution in [0, 0.1) is 0 Å². The van der Waals surface area contributed by atoms with Crippen molar-refractivity contribution in [1.29, 1.82) is 0 Å². The van der Waals surface area contributed by atoms with Crippen LogP contribution in [0.3, 0.4) is 0 Å². The topological polar surface area (TPSA) is 64.5 Å². The molecule has 1 aliphatic heterocycles. The third kappa shape index (κ3) is 2.16. The molecule has 1 aromatic carbocycles. The van der Waals surface area contributed by atoms with Gasteiger partial charge in [-0.15, -0.1) is 0 Å². The average molecular weight is 366 g/mol. The lowest BCUT2D eigenvalue weighted by atomic mass is 9.96. The number of carbonyl (C=O) groups is 1. The van der Waals surface area contributed by atoms with Gasteiger partial charge < -0.3 is 18.9 Å². The van der Waals surface area contributed by atoms with Gasteiger partial charge in [-0.1, -0.05) is 23.2 Å². The van der Waals surface area contributed by atoms with Crippen LogP contribution in [0.4, 0.5) is 0 Å². The SMILES string of the molecule is CC(=O)OC1(c2ccoc2)OCCc2c1[nH]c1c(Cl)ccc(Cl)c21. The maximum Gasteiger partial charge on any atom is 0.305 e. The van der Waals surface area contributed by atoms with Crippen molar-refractivity contribution in [1.82, 2.24) is 4.98 Å². The second kappa shape index (κ2) is 5.55. The lowest BCUT2D eigenvalue weighted by Gasteiger charge is -2.35. The number of fused-ring (bicyclic) bond motifs is 3. The number of carbonyl (C=O) groups excluding carboxylic acids is 1. The summed E-state index contributed by atoms with van der Waals surface area (Å²) < 4.78 is 16.7. The second-order valence-corrected chi connectivity index (χ2v) is 6.39. The lowest BCUT2D eigenvalue weighted by Crippen LogP contribution is -2.40. The van der Waals surface area contributed by atoms with Crippen LogP contribution in [0.1, 0.15) is 23.7 Å². The summed E-state index contributed by atoms with van der Waals surface area (Å²) in [6.45, 7) is 1.70. The summed E-state index contributed by atoms with van der Waals surface area (Å²) in [5.41, 5.74) is 2.80. The van der Waals surface area contributed by atoms with Crippen LogP contribution in [-0.4, -0.2) is 17.6 Å². The fraction of sp³-hybridized carbons (Fsp3) is 0.235. The first-order valence-electron chi connectivity index (χ1n) is 7.38. The molecular formula is C17H13Cl2NO4. The molecule has 1 unspecified atom stereocenters. The number of hydrogen-bond acceptors (Lipinski definition) is 4. The van der Waals surface area contributed by atoms with Crippen molar-refractivity contribution in [2.45, 2.75) is 19.1 Å². The van der Waals surface area contributed by atoms with Gasteiger partial charge in [0.15, 0.2) is 0 Å². The molecule has 0 radical (unpaired) electrons. The second-order valence-electron chi connectivity index (χ2n) is 5.58. The summed E-state index contributed by atoms with van der Waals surface area (Å²) in [6.07, 6.45) is 3.61. The molecule has 1 aliphatic rings. The number of furan rings is 1.